The number of ether oxygens (including phenoxy) is 1. The summed E-state index contributed by atoms with van der Waals surface area (Å²) in [4.78, 5) is 24.6. The number of halogens is 2. The Kier molecular flexibility index (Phi) is 4.24. The average molecular weight is 260 g/mol. The molecule has 0 saturated carbocycles. The van der Waals surface area contributed by atoms with Crippen LogP contribution in [-0.4, -0.2) is 23.0 Å². The fraction of sp³-hybridized carbons (Fsp3) is 0.400. The van der Waals surface area contributed by atoms with E-state index in [1.165, 1.54) is 6.92 Å². The molecule has 0 N–H and O–H groups in total. The van der Waals surface area contributed by atoms with E-state index in [4.69, 9.17) is 0 Å². The van der Waals surface area contributed by atoms with Crippen LogP contribution in [0.3, 0.4) is 0 Å². The number of nitrogens with zero attached hydrogens (tertiary/aromatic N) is 2. The SMILES string of the molecule is COC(=O)Cc1c([N+](=O)[O-])cc(C)nc1C(F)F. The third kappa shape index (κ3) is 2.96. The second-order valence-electron chi connectivity index (χ2n) is 3.46. The Morgan fingerprint density at radius 2 is 2.22 bits per heavy atom. The van der Waals surface area contributed by atoms with Gasteiger partial charge in [0.05, 0.1) is 24.0 Å². The van der Waals surface area contributed by atoms with Crippen LogP contribution in [0.1, 0.15) is 23.4 Å². The summed E-state index contributed by atoms with van der Waals surface area (Å²) in [6, 6.07) is 1.05. The Bertz CT molecular complexity index is 491. The van der Waals surface area contributed by atoms with Crippen LogP contribution in [-0.2, 0) is 16.0 Å². The van der Waals surface area contributed by atoms with E-state index in [9.17, 15) is 23.7 Å². The lowest BCUT2D eigenvalue weighted by molar-refractivity contribution is -0.385. The molecule has 6 nitrogen and oxygen atoms in total. The van der Waals surface area contributed by atoms with Crippen molar-refractivity contribution in [2.75, 3.05) is 7.11 Å². The van der Waals surface area contributed by atoms with Crippen LogP contribution >= 0.6 is 0 Å². The van der Waals surface area contributed by atoms with E-state index in [2.05, 4.69) is 9.72 Å². The standard InChI is InChI=1S/C10H10F2N2O4/c1-5-3-7(14(16)17)6(4-8(15)18-2)9(13-5)10(11)12/h3,10H,4H2,1-2H3. The van der Waals surface area contributed by atoms with E-state index >= 15 is 0 Å². The molecular weight excluding hydrogens is 250 g/mol. The van der Waals surface area contributed by atoms with Crippen LogP contribution in [0, 0.1) is 17.0 Å². The van der Waals surface area contributed by atoms with Crippen LogP contribution < -0.4 is 0 Å². The van der Waals surface area contributed by atoms with Gasteiger partial charge in [-0.25, -0.2) is 8.78 Å². The van der Waals surface area contributed by atoms with Crippen LogP contribution in [0.5, 0.6) is 0 Å². The molecule has 1 heterocycles. The number of hydrogen-bond acceptors (Lipinski definition) is 5. The molecule has 98 valence electrons. The summed E-state index contributed by atoms with van der Waals surface area (Å²) in [6.45, 7) is 1.36. The summed E-state index contributed by atoms with van der Waals surface area (Å²) in [6.07, 6.45) is -3.61. The summed E-state index contributed by atoms with van der Waals surface area (Å²) in [5, 5.41) is 10.8. The Labute approximate surface area is 101 Å². The molecular formula is C10H10F2N2O4. The van der Waals surface area contributed by atoms with Crippen molar-refractivity contribution in [2.24, 2.45) is 0 Å². The van der Waals surface area contributed by atoms with E-state index in [1.807, 2.05) is 0 Å². The summed E-state index contributed by atoms with van der Waals surface area (Å²) in [5.74, 6) is -0.842. The minimum atomic E-state index is -3.00. The summed E-state index contributed by atoms with van der Waals surface area (Å²) >= 11 is 0. The van der Waals surface area contributed by atoms with Gasteiger partial charge >= 0.3 is 5.97 Å². The number of rotatable bonds is 4. The quantitative estimate of drug-likeness (QED) is 0.469. The van der Waals surface area contributed by atoms with Gasteiger partial charge in [-0.3, -0.25) is 19.9 Å². The van der Waals surface area contributed by atoms with Crippen LogP contribution in [0.4, 0.5) is 14.5 Å². The second-order valence-corrected chi connectivity index (χ2v) is 3.46. The van der Waals surface area contributed by atoms with Gasteiger partial charge in [0.15, 0.2) is 0 Å². The number of pyridine rings is 1. The summed E-state index contributed by atoms with van der Waals surface area (Å²) < 4.78 is 29.9. The molecule has 1 aromatic heterocycles. The zero-order valence-electron chi connectivity index (χ0n) is 9.65. The molecule has 0 amide bonds. The zero-order valence-corrected chi connectivity index (χ0v) is 9.65. The van der Waals surface area contributed by atoms with Gasteiger partial charge in [0.1, 0.15) is 5.69 Å². The Morgan fingerprint density at radius 1 is 1.61 bits per heavy atom. The highest BCUT2D eigenvalue weighted by Crippen LogP contribution is 2.29. The molecule has 0 aliphatic heterocycles. The van der Waals surface area contributed by atoms with Gasteiger partial charge in [-0.05, 0) is 6.92 Å². The average Bonchev–Trinajstić information content (AvgIpc) is 2.29. The first kappa shape index (κ1) is 13.9. The topological polar surface area (TPSA) is 82.3 Å². The van der Waals surface area contributed by atoms with Crippen molar-refractivity contribution >= 4 is 11.7 Å². The van der Waals surface area contributed by atoms with Gasteiger partial charge in [0.25, 0.3) is 12.1 Å². The van der Waals surface area contributed by atoms with E-state index < -0.39 is 40.7 Å². The third-order valence-electron chi connectivity index (χ3n) is 2.21. The van der Waals surface area contributed by atoms with Crippen molar-refractivity contribution in [1.82, 2.24) is 4.98 Å². The van der Waals surface area contributed by atoms with Crippen LogP contribution in [0.15, 0.2) is 6.07 Å². The summed E-state index contributed by atoms with van der Waals surface area (Å²) in [7, 11) is 1.07. The molecule has 0 spiro atoms. The van der Waals surface area contributed by atoms with Gasteiger partial charge in [-0.15, -0.1) is 0 Å². The molecule has 1 rings (SSSR count). The summed E-state index contributed by atoms with van der Waals surface area (Å²) in [5.41, 5.74) is -1.63. The van der Waals surface area contributed by atoms with Crippen LogP contribution in [0.2, 0.25) is 0 Å². The predicted molar refractivity (Wildman–Crippen MR) is 56.3 cm³/mol. The number of aryl methyl sites for hydroxylation is 1. The molecule has 0 fully saturated rings. The van der Waals surface area contributed by atoms with Crippen molar-refractivity contribution in [1.29, 1.82) is 0 Å². The number of hydrogen-bond donors (Lipinski definition) is 0. The number of aromatic nitrogens is 1. The first-order valence-electron chi connectivity index (χ1n) is 4.86. The second kappa shape index (κ2) is 5.48. The minimum absolute atomic E-state index is 0.0885. The number of carbonyl (C=O) groups excluding carboxylic acids is 1. The molecule has 0 aromatic carbocycles. The van der Waals surface area contributed by atoms with Gasteiger partial charge in [-0.1, -0.05) is 0 Å². The first-order valence-corrected chi connectivity index (χ1v) is 4.86. The molecule has 0 aliphatic rings. The van der Waals surface area contributed by atoms with Crippen molar-refractivity contribution in [3.05, 3.63) is 33.1 Å². The zero-order chi connectivity index (χ0) is 13.9. The fourth-order valence-electron chi connectivity index (χ4n) is 1.45. The fourth-order valence-corrected chi connectivity index (χ4v) is 1.45. The largest absolute Gasteiger partial charge is 0.469 e. The highest BCUT2D eigenvalue weighted by atomic mass is 19.3. The maximum atomic E-state index is 12.8. The first-order chi connectivity index (χ1) is 8.36. The maximum absolute atomic E-state index is 12.8. The third-order valence-corrected chi connectivity index (χ3v) is 2.21. The van der Waals surface area contributed by atoms with Gasteiger partial charge in [0.2, 0.25) is 0 Å². The van der Waals surface area contributed by atoms with Crippen LogP contribution in [0.25, 0.3) is 0 Å². The van der Waals surface area contributed by atoms with E-state index in [0.717, 1.165) is 13.2 Å². The highest BCUT2D eigenvalue weighted by molar-refractivity contribution is 5.74. The maximum Gasteiger partial charge on any atom is 0.310 e. The van der Waals surface area contributed by atoms with Crippen molar-refractivity contribution in [3.8, 4) is 0 Å². The normalized spacial score (nSPS) is 10.5. The Hall–Kier alpha value is -2.12. The Morgan fingerprint density at radius 3 is 2.67 bits per heavy atom. The molecule has 0 bridgehead atoms. The van der Waals surface area contributed by atoms with E-state index in [0.29, 0.717) is 0 Å². The lowest BCUT2D eigenvalue weighted by Crippen LogP contribution is -2.12. The smallest absolute Gasteiger partial charge is 0.310 e. The molecule has 0 radical (unpaired) electrons. The monoisotopic (exact) mass is 260 g/mol. The van der Waals surface area contributed by atoms with E-state index in [1.54, 1.807) is 0 Å². The van der Waals surface area contributed by atoms with Gasteiger partial charge < -0.3 is 4.74 Å². The molecule has 0 unspecified atom stereocenters. The van der Waals surface area contributed by atoms with Crippen molar-refractivity contribution < 1.29 is 23.2 Å². The van der Waals surface area contributed by atoms with Gasteiger partial charge in [0, 0.05) is 11.8 Å². The van der Waals surface area contributed by atoms with Crippen molar-refractivity contribution in [3.63, 3.8) is 0 Å². The van der Waals surface area contributed by atoms with E-state index in [-0.39, 0.29) is 5.69 Å². The van der Waals surface area contributed by atoms with Gasteiger partial charge in [-0.2, -0.15) is 0 Å². The highest BCUT2D eigenvalue weighted by Gasteiger charge is 2.27. The predicted octanol–water partition coefficient (Wildman–Crippen LogP) is 1.95. The molecule has 18 heavy (non-hydrogen) atoms. The number of esters is 1. The number of alkyl halides is 2. The number of carbonyl (C=O) groups is 1. The lowest BCUT2D eigenvalue weighted by atomic mass is 10.1. The molecule has 8 heteroatoms. The molecule has 0 aliphatic carbocycles. The molecule has 1 aromatic rings. The molecule has 0 saturated heterocycles. The number of methoxy groups -OCH3 is 1. The minimum Gasteiger partial charge on any atom is -0.469 e. The Balaban J connectivity index is 3.40. The molecule has 0 atom stereocenters. The van der Waals surface area contributed by atoms with Crippen molar-refractivity contribution in [2.45, 2.75) is 19.8 Å². The number of nitro groups is 1. The lowest BCUT2D eigenvalue weighted by Gasteiger charge is -2.09.